The molecule has 0 radical (unpaired) electrons. The molecule has 0 amide bonds. The number of hydrogen-bond donors (Lipinski definition) is 1. The highest BCUT2D eigenvalue weighted by Crippen LogP contribution is 2.33. The van der Waals surface area contributed by atoms with Gasteiger partial charge in [-0.05, 0) is 23.1 Å². The molecule has 2 aromatic carbocycles. The van der Waals surface area contributed by atoms with Gasteiger partial charge in [-0.3, -0.25) is 0 Å². The molecular weight excluding hydrogens is 303 g/mol. The maximum absolute atomic E-state index is 6.07. The Hall–Kier alpha value is -1.51. The van der Waals surface area contributed by atoms with E-state index in [2.05, 4.69) is 48.9 Å². The number of nitrogens with one attached hydrogen (secondary N) is 1. The van der Waals surface area contributed by atoms with E-state index in [1.807, 2.05) is 12.1 Å². The lowest BCUT2D eigenvalue weighted by Crippen LogP contribution is -2.12. The van der Waals surface area contributed by atoms with Crippen molar-refractivity contribution in [3.63, 3.8) is 0 Å². The zero-order chi connectivity index (χ0) is 15.2. The number of rotatable bonds is 1. The lowest BCUT2D eigenvalue weighted by atomic mass is 9.83. The van der Waals surface area contributed by atoms with Crippen molar-refractivity contribution < 1.29 is 0 Å². The fraction of sp³-hybridized carbons (Fsp3) is 0.235. The van der Waals surface area contributed by atoms with Gasteiger partial charge in [0.05, 0.1) is 21.1 Å². The topological polar surface area (TPSA) is 28.7 Å². The summed E-state index contributed by atoms with van der Waals surface area (Å²) in [5.41, 5.74) is 4.12. The van der Waals surface area contributed by atoms with Crippen LogP contribution in [0.1, 0.15) is 26.3 Å². The van der Waals surface area contributed by atoms with Crippen LogP contribution in [-0.2, 0) is 5.41 Å². The van der Waals surface area contributed by atoms with Gasteiger partial charge in [-0.15, -0.1) is 0 Å². The number of benzene rings is 2. The SMILES string of the molecule is CC(C)(C)c1ccccc1-c1nc2cc(Cl)c(Cl)cc2[nH]1. The third-order valence-corrected chi connectivity index (χ3v) is 4.24. The van der Waals surface area contributed by atoms with E-state index < -0.39 is 0 Å². The van der Waals surface area contributed by atoms with Gasteiger partial charge >= 0.3 is 0 Å². The highest BCUT2D eigenvalue weighted by molar-refractivity contribution is 6.42. The number of imidazole rings is 1. The van der Waals surface area contributed by atoms with Crippen LogP contribution in [0, 0.1) is 0 Å². The molecule has 2 nitrogen and oxygen atoms in total. The Balaban J connectivity index is 2.22. The monoisotopic (exact) mass is 318 g/mol. The Bertz CT molecular complexity index is 774. The average Bonchev–Trinajstić information content (AvgIpc) is 2.81. The zero-order valence-corrected chi connectivity index (χ0v) is 13.7. The van der Waals surface area contributed by atoms with Crippen molar-refractivity contribution in [1.82, 2.24) is 9.97 Å². The van der Waals surface area contributed by atoms with Gasteiger partial charge in [-0.1, -0.05) is 68.2 Å². The van der Waals surface area contributed by atoms with Crippen LogP contribution in [0.3, 0.4) is 0 Å². The lowest BCUT2D eigenvalue weighted by molar-refractivity contribution is 0.591. The molecule has 3 aromatic rings. The molecule has 0 aliphatic carbocycles. The normalized spacial score (nSPS) is 12.0. The number of halogens is 2. The Kier molecular flexibility index (Phi) is 3.46. The van der Waals surface area contributed by atoms with Crippen LogP contribution in [0.25, 0.3) is 22.4 Å². The van der Waals surface area contributed by atoms with E-state index in [1.165, 1.54) is 5.56 Å². The van der Waals surface area contributed by atoms with Gasteiger partial charge in [0.15, 0.2) is 0 Å². The fourth-order valence-corrected chi connectivity index (χ4v) is 2.80. The van der Waals surface area contributed by atoms with Gasteiger partial charge < -0.3 is 4.98 Å². The molecule has 0 atom stereocenters. The van der Waals surface area contributed by atoms with Gasteiger partial charge in [0, 0.05) is 5.56 Å². The van der Waals surface area contributed by atoms with Crippen molar-refractivity contribution in [3.05, 3.63) is 52.0 Å². The summed E-state index contributed by atoms with van der Waals surface area (Å²) in [6.07, 6.45) is 0. The predicted molar refractivity (Wildman–Crippen MR) is 90.2 cm³/mol. The molecule has 0 saturated heterocycles. The lowest BCUT2D eigenvalue weighted by Gasteiger charge is -2.21. The summed E-state index contributed by atoms with van der Waals surface area (Å²) in [5.74, 6) is 0.842. The molecule has 1 N–H and O–H groups in total. The predicted octanol–water partition coefficient (Wildman–Crippen LogP) is 5.83. The molecule has 1 heterocycles. The summed E-state index contributed by atoms with van der Waals surface area (Å²) in [6.45, 7) is 6.59. The van der Waals surface area contributed by atoms with Gasteiger partial charge in [-0.25, -0.2) is 4.98 Å². The number of aromatic amines is 1. The van der Waals surface area contributed by atoms with Crippen LogP contribution in [0.4, 0.5) is 0 Å². The number of nitrogens with zero attached hydrogens (tertiary/aromatic N) is 1. The second kappa shape index (κ2) is 5.04. The molecule has 0 fully saturated rings. The molecule has 0 aliphatic rings. The molecule has 1 aromatic heterocycles. The average molecular weight is 319 g/mol. The van der Waals surface area contributed by atoms with Gasteiger partial charge in [0.2, 0.25) is 0 Å². The Morgan fingerprint density at radius 2 is 1.67 bits per heavy atom. The van der Waals surface area contributed by atoms with Crippen LogP contribution in [0.2, 0.25) is 10.0 Å². The van der Waals surface area contributed by atoms with Crippen LogP contribution < -0.4 is 0 Å². The third-order valence-electron chi connectivity index (χ3n) is 3.51. The summed E-state index contributed by atoms with van der Waals surface area (Å²) in [5, 5.41) is 1.05. The van der Waals surface area contributed by atoms with E-state index >= 15 is 0 Å². The van der Waals surface area contributed by atoms with E-state index in [4.69, 9.17) is 23.2 Å². The molecule has 0 saturated carbocycles. The number of fused-ring (bicyclic) bond motifs is 1. The van der Waals surface area contributed by atoms with E-state index in [9.17, 15) is 0 Å². The smallest absolute Gasteiger partial charge is 0.138 e. The van der Waals surface area contributed by atoms with Crippen molar-refractivity contribution in [2.45, 2.75) is 26.2 Å². The highest BCUT2D eigenvalue weighted by atomic mass is 35.5. The van der Waals surface area contributed by atoms with Crippen molar-refractivity contribution in [2.75, 3.05) is 0 Å². The summed E-state index contributed by atoms with van der Waals surface area (Å²) >= 11 is 12.1. The minimum Gasteiger partial charge on any atom is -0.338 e. The summed E-state index contributed by atoms with van der Waals surface area (Å²) < 4.78 is 0. The first kappa shape index (κ1) is 14.4. The number of aromatic nitrogens is 2. The van der Waals surface area contributed by atoms with Gasteiger partial charge in [0.1, 0.15) is 5.82 Å². The van der Waals surface area contributed by atoms with Crippen LogP contribution in [0.15, 0.2) is 36.4 Å². The van der Waals surface area contributed by atoms with Gasteiger partial charge in [-0.2, -0.15) is 0 Å². The first-order chi connectivity index (χ1) is 9.86. The van der Waals surface area contributed by atoms with Crippen LogP contribution in [0.5, 0.6) is 0 Å². The van der Waals surface area contributed by atoms with Crippen molar-refractivity contribution in [1.29, 1.82) is 0 Å². The number of hydrogen-bond acceptors (Lipinski definition) is 1. The molecule has 0 aliphatic heterocycles. The first-order valence-corrected chi connectivity index (χ1v) is 7.56. The highest BCUT2D eigenvalue weighted by Gasteiger charge is 2.20. The zero-order valence-electron chi connectivity index (χ0n) is 12.2. The Morgan fingerprint density at radius 3 is 2.38 bits per heavy atom. The van der Waals surface area contributed by atoms with Crippen molar-refractivity contribution in [3.8, 4) is 11.4 Å². The Morgan fingerprint density at radius 1 is 1.00 bits per heavy atom. The third kappa shape index (κ3) is 2.66. The van der Waals surface area contributed by atoms with Crippen molar-refractivity contribution >= 4 is 34.2 Å². The van der Waals surface area contributed by atoms with E-state index in [0.717, 1.165) is 22.4 Å². The second-order valence-electron chi connectivity index (χ2n) is 6.16. The molecule has 0 spiro atoms. The molecule has 21 heavy (non-hydrogen) atoms. The Labute approximate surface area is 134 Å². The summed E-state index contributed by atoms with van der Waals surface area (Å²) in [6, 6.07) is 11.9. The molecule has 4 heteroatoms. The minimum atomic E-state index is 0.0465. The first-order valence-electron chi connectivity index (χ1n) is 6.81. The maximum Gasteiger partial charge on any atom is 0.138 e. The van der Waals surface area contributed by atoms with Gasteiger partial charge in [0.25, 0.3) is 0 Å². The molecule has 3 rings (SSSR count). The van der Waals surface area contributed by atoms with E-state index in [1.54, 1.807) is 6.07 Å². The second-order valence-corrected chi connectivity index (χ2v) is 6.98. The molecule has 0 unspecified atom stereocenters. The maximum atomic E-state index is 6.07. The fourth-order valence-electron chi connectivity index (χ4n) is 2.48. The largest absolute Gasteiger partial charge is 0.338 e. The molecule has 0 bridgehead atoms. The molecular formula is C17H16Cl2N2. The van der Waals surface area contributed by atoms with E-state index in [-0.39, 0.29) is 5.41 Å². The number of H-pyrrole nitrogens is 1. The van der Waals surface area contributed by atoms with Crippen LogP contribution in [-0.4, -0.2) is 9.97 Å². The minimum absolute atomic E-state index is 0.0465. The quantitative estimate of drug-likeness (QED) is 0.600. The standard InChI is InChI=1S/C17H16Cl2N2/c1-17(2,3)11-7-5-4-6-10(11)16-20-14-8-12(18)13(19)9-15(14)21-16/h4-9H,1-3H3,(H,20,21). The van der Waals surface area contributed by atoms with Crippen LogP contribution >= 0.6 is 23.2 Å². The molecule has 108 valence electrons. The van der Waals surface area contributed by atoms with Crippen molar-refractivity contribution in [2.24, 2.45) is 0 Å². The summed E-state index contributed by atoms with van der Waals surface area (Å²) in [7, 11) is 0. The summed E-state index contributed by atoms with van der Waals surface area (Å²) in [4.78, 5) is 8.00. The van der Waals surface area contributed by atoms with E-state index in [0.29, 0.717) is 10.0 Å².